The summed E-state index contributed by atoms with van der Waals surface area (Å²) in [5, 5.41) is 78.0. The maximum absolute atomic E-state index is 13.8. The first-order chi connectivity index (χ1) is 44.9. The van der Waals surface area contributed by atoms with Crippen LogP contribution in [0.15, 0.2) is 12.4 Å². The van der Waals surface area contributed by atoms with Gasteiger partial charge in [-0.3, -0.25) is 18.8 Å². The van der Waals surface area contributed by atoms with Gasteiger partial charge in [0.25, 0.3) is 0 Å². The predicted octanol–water partition coefficient (Wildman–Crippen LogP) is -1.61. The minimum absolute atomic E-state index is 0.00635. The fourth-order valence-corrected chi connectivity index (χ4v) is 10.3. The highest BCUT2D eigenvalue weighted by Crippen LogP contribution is 2.39. The molecule has 10 N–H and O–H groups in total. The van der Waals surface area contributed by atoms with Crippen molar-refractivity contribution in [1.82, 2.24) is 34.9 Å². The first kappa shape index (κ1) is 80.8. The lowest BCUT2D eigenvalue weighted by atomic mass is 9.91. The molecule has 5 rings (SSSR count). The Kier molecular flexibility index (Phi) is 37.4. The molecule has 0 bridgehead atoms. The lowest BCUT2D eigenvalue weighted by Crippen LogP contribution is -2.58. The Bertz CT molecular complexity index is 2560. The first-order valence-corrected chi connectivity index (χ1v) is 34.0. The number of aliphatic hydroxyl groups is 6. The highest BCUT2D eigenvalue weighted by Gasteiger charge is 2.45. The van der Waals surface area contributed by atoms with Gasteiger partial charge in [0.15, 0.2) is 6.29 Å². The molecule has 2 fully saturated rings. The number of halogens is 5. The summed E-state index contributed by atoms with van der Waals surface area (Å²) in [6.07, 6.45) is -10.8. The summed E-state index contributed by atoms with van der Waals surface area (Å²) in [6.45, 7) is 6.78. The lowest BCUT2D eigenvalue weighted by molar-refractivity contribution is -0.296. The zero-order valence-electron chi connectivity index (χ0n) is 51.7. The summed E-state index contributed by atoms with van der Waals surface area (Å²) in [6, 6.07) is 0. The molecule has 2 aromatic heterocycles. The molecule has 0 unspecified atom stereocenters. The molecule has 2 aliphatic heterocycles. The summed E-state index contributed by atoms with van der Waals surface area (Å²) in [7, 11) is -8.75. The molecule has 40 heteroatoms. The van der Waals surface area contributed by atoms with Gasteiger partial charge in [-0.2, -0.15) is 8.78 Å². The van der Waals surface area contributed by atoms with Gasteiger partial charge in [0.2, 0.25) is 34.8 Å². The smallest absolute Gasteiger partial charge is 0.325 e. The molecule has 0 spiro atoms. The highest BCUT2D eigenvalue weighted by atomic mass is 31.2. The number of esters is 1. The molecule has 4 heterocycles. The van der Waals surface area contributed by atoms with Gasteiger partial charge in [-0.15, -0.1) is 10.2 Å². The molecule has 2 saturated heterocycles. The van der Waals surface area contributed by atoms with Crippen molar-refractivity contribution < 1.29 is 148 Å². The molecule has 1 aromatic carbocycles. The Morgan fingerprint density at radius 2 is 0.840 bits per heavy atom. The molecule has 0 saturated carbocycles. The number of ether oxygens (including phenoxy) is 13. The topological polar surface area (TPSA) is 438 Å². The van der Waals surface area contributed by atoms with Gasteiger partial charge >= 0.3 is 21.2 Å². The number of rotatable bonds is 51. The van der Waals surface area contributed by atoms with E-state index in [1.807, 2.05) is 0 Å². The molecular formula is C54H88F5N7O26P2. The molecule has 0 radical (unpaired) electrons. The van der Waals surface area contributed by atoms with Crippen molar-refractivity contribution in [3.63, 3.8) is 0 Å². The molecule has 540 valence electrons. The molecule has 0 amide bonds. The normalized spacial score (nSPS) is 22.0. The minimum Gasteiger partial charge on any atom is -0.420 e. The minimum atomic E-state index is -4.40. The SMILES string of the molecule is O=C(CCOCCOCCOCCN(CCOCCOCCOCCn1cc(CCC[C@H]2O[C@H](CCP(=O)(O)O)[C@@H](O)[C@H](O)[C@@H]2O)nn1)CCOCCOCCOCCn1cc(CCO[C@H]2O[C@H](CCP(=O)(O)O)[C@@H](O)[C@H](O)[C@@H]2O)nn1)Oc1c(F)c(F)c(F)c(F)c1F. The first-order valence-electron chi connectivity index (χ1n) is 30.4. The van der Waals surface area contributed by atoms with Crippen molar-refractivity contribution >= 4 is 21.2 Å². The average molecular weight is 1410 g/mol. The lowest BCUT2D eigenvalue weighted by Gasteiger charge is -2.41. The van der Waals surface area contributed by atoms with Crippen molar-refractivity contribution in [3.8, 4) is 5.75 Å². The third-order valence-corrected chi connectivity index (χ3v) is 16.0. The zero-order chi connectivity index (χ0) is 68.5. The number of carbonyl (C=O) groups is 1. The Labute approximate surface area is 537 Å². The summed E-state index contributed by atoms with van der Waals surface area (Å²) in [5.41, 5.74) is 1.22. The van der Waals surface area contributed by atoms with E-state index in [1.54, 1.807) is 21.8 Å². The Balaban J connectivity index is 0.896. The number of carbonyl (C=O) groups excluding carboxylic acids is 1. The third kappa shape index (κ3) is 30.5. The third-order valence-electron chi connectivity index (χ3n) is 14.3. The van der Waals surface area contributed by atoms with Gasteiger partial charge in [-0.05, 0) is 32.1 Å². The van der Waals surface area contributed by atoms with Crippen LogP contribution in [-0.2, 0) is 96.7 Å². The van der Waals surface area contributed by atoms with Crippen molar-refractivity contribution in [3.05, 3.63) is 52.9 Å². The van der Waals surface area contributed by atoms with Crippen LogP contribution in [0.1, 0.15) is 43.5 Å². The van der Waals surface area contributed by atoms with Crippen LogP contribution >= 0.6 is 15.2 Å². The van der Waals surface area contributed by atoms with Crippen LogP contribution in [0.25, 0.3) is 0 Å². The van der Waals surface area contributed by atoms with E-state index in [4.69, 9.17) is 66.6 Å². The number of aryl methyl sites for hydroxylation is 1. The van der Waals surface area contributed by atoms with Gasteiger partial charge in [0.05, 0.1) is 187 Å². The summed E-state index contributed by atoms with van der Waals surface area (Å²) in [4.78, 5) is 50.7. The largest absolute Gasteiger partial charge is 0.420 e. The van der Waals surface area contributed by atoms with Gasteiger partial charge in [0.1, 0.15) is 36.6 Å². The van der Waals surface area contributed by atoms with Crippen molar-refractivity contribution in [2.24, 2.45) is 0 Å². The monoisotopic (exact) mass is 1410 g/mol. The van der Waals surface area contributed by atoms with Crippen LogP contribution in [0, 0.1) is 29.1 Å². The van der Waals surface area contributed by atoms with E-state index in [2.05, 4.69) is 30.3 Å². The maximum Gasteiger partial charge on any atom is 0.325 e. The fourth-order valence-electron chi connectivity index (χ4n) is 9.13. The second-order valence-corrected chi connectivity index (χ2v) is 25.0. The second kappa shape index (κ2) is 43.5. The van der Waals surface area contributed by atoms with Crippen LogP contribution in [0.5, 0.6) is 5.75 Å². The van der Waals surface area contributed by atoms with Crippen LogP contribution in [-0.4, -0.2) is 310 Å². The van der Waals surface area contributed by atoms with Gasteiger partial charge in [0, 0.05) is 38.4 Å². The average Bonchev–Trinajstić information content (AvgIpc) is 1.12. The molecule has 94 heavy (non-hydrogen) atoms. The van der Waals surface area contributed by atoms with Gasteiger partial charge in [-0.25, -0.2) is 22.5 Å². The Morgan fingerprint density at radius 1 is 0.468 bits per heavy atom. The molecular weight excluding hydrogens is 1320 g/mol. The van der Waals surface area contributed by atoms with Crippen molar-refractivity contribution in [2.75, 3.05) is 157 Å². The quantitative estimate of drug-likeness (QED) is 0.00578. The molecule has 10 atom stereocenters. The van der Waals surface area contributed by atoms with E-state index in [1.165, 1.54) is 0 Å². The van der Waals surface area contributed by atoms with E-state index in [9.17, 15) is 76.3 Å². The van der Waals surface area contributed by atoms with Crippen LogP contribution in [0.4, 0.5) is 22.0 Å². The number of nitrogens with zero attached hydrogens (tertiary/aromatic N) is 7. The fraction of sp³-hybridized carbons (Fsp3) is 0.796. The zero-order valence-corrected chi connectivity index (χ0v) is 53.5. The second-order valence-electron chi connectivity index (χ2n) is 21.5. The molecule has 2 aliphatic rings. The Hall–Kier alpha value is -3.84. The number of aromatic nitrogens is 6. The standard InChI is InChI=1S/C54H88F5N7O26P2/c55-42-43(56)45(58)53(46(59)44(42)57)92-41(67)5-13-80-20-26-86-27-21-81-15-8-64(9-16-82-22-28-87-30-24-84-18-11-65-34-36(60-62-65)2-1-3-38-47(68)50(71)48(69)39(90-38)6-32-93(74,75)76)10-17-83-23-29-88-31-25-85-19-12-66-35-37(61-63-66)4-14-89-54-52(73)51(72)49(70)40(91-54)7-33-94(77,78)79/h34-35,38-40,47-52,54,68-73H,1-33H2,(H2,74,75,76)(H2,77,78,79)/t38-,39-,40-,47-,48-,49-,50-,51+,52+,54+/m1/s1. The van der Waals surface area contributed by atoms with E-state index in [-0.39, 0.29) is 58.9 Å². The Morgan fingerprint density at radius 3 is 1.29 bits per heavy atom. The van der Waals surface area contributed by atoms with E-state index in [0.717, 1.165) is 0 Å². The van der Waals surface area contributed by atoms with E-state index < -0.39 is 136 Å². The predicted molar refractivity (Wildman–Crippen MR) is 309 cm³/mol. The molecule has 33 nitrogen and oxygen atoms in total. The number of hydrogen-bond acceptors (Lipinski definition) is 27. The number of benzene rings is 1. The van der Waals surface area contributed by atoms with Gasteiger partial charge in [-0.1, -0.05) is 10.4 Å². The van der Waals surface area contributed by atoms with E-state index >= 15 is 0 Å². The summed E-state index contributed by atoms with van der Waals surface area (Å²) in [5.74, 6) is -14.4. The summed E-state index contributed by atoms with van der Waals surface area (Å²) >= 11 is 0. The number of aliphatic hydroxyl groups excluding tert-OH is 6. The van der Waals surface area contributed by atoms with Gasteiger partial charge < -0.3 is 112 Å². The van der Waals surface area contributed by atoms with Crippen LogP contribution in [0.2, 0.25) is 0 Å². The molecule has 0 aliphatic carbocycles. The maximum atomic E-state index is 13.8. The van der Waals surface area contributed by atoms with Crippen molar-refractivity contribution in [1.29, 1.82) is 0 Å². The highest BCUT2D eigenvalue weighted by molar-refractivity contribution is 7.52. The van der Waals surface area contributed by atoms with Crippen LogP contribution in [0.3, 0.4) is 0 Å². The summed E-state index contributed by atoms with van der Waals surface area (Å²) < 4.78 is 165. The number of hydrogen-bond donors (Lipinski definition) is 10. The van der Waals surface area contributed by atoms with Crippen LogP contribution < -0.4 is 4.74 Å². The molecule has 3 aromatic rings. The van der Waals surface area contributed by atoms with Crippen molar-refractivity contribution in [2.45, 2.75) is 119 Å². The van der Waals surface area contributed by atoms with E-state index in [0.29, 0.717) is 149 Å².